The van der Waals surface area contributed by atoms with Crippen LogP contribution in [0.2, 0.25) is 0 Å². The summed E-state index contributed by atoms with van der Waals surface area (Å²) in [5, 5.41) is 13.0. The Balaban J connectivity index is 1.13. The summed E-state index contributed by atoms with van der Waals surface area (Å²) in [6, 6.07) is 24.6. The number of rotatable bonds is 10. The van der Waals surface area contributed by atoms with Gasteiger partial charge in [0.05, 0.1) is 20.9 Å². The number of aromatic nitrogens is 1. The zero-order valence-electron chi connectivity index (χ0n) is 24.7. The first-order valence-corrected chi connectivity index (χ1v) is 16.3. The lowest BCUT2D eigenvalue weighted by atomic mass is 10.1. The molecule has 0 bridgehead atoms. The number of benzene rings is 4. The highest BCUT2D eigenvalue weighted by molar-refractivity contribution is 9.11. The van der Waals surface area contributed by atoms with Crippen LogP contribution in [-0.2, 0) is 4.79 Å². The van der Waals surface area contributed by atoms with Gasteiger partial charge >= 0.3 is 0 Å². The van der Waals surface area contributed by atoms with Gasteiger partial charge in [-0.3, -0.25) is 9.59 Å². The Labute approximate surface area is 282 Å². The van der Waals surface area contributed by atoms with Crippen molar-refractivity contribution in [2.45, 2.75) is 20.8 Å². The molecule has 45 heavy (non-hydrogen) atoms. The third kappa shape index (κ3) is 8.65. The number of nitrogens with one attached hydrogen (secondary N) is 3. The molecule has 0 aliphatic carbocycles. The van der Waals surface area contributed by atoms with Crippen molar-refractivity contribution in [3.8, 4) is 17.0 Å². The van der Waals surface area contributed by atoms with Crippen LogP contribution in [0.4, 0.5) is 16.5 Å². The predicted octanol–water partition coefficient (Wildman–Crippen LogP) is 8.79. The van der Waals surface area contributed by atoms with Crippen molar-refractivity contribution in [3.05, 3.63) is 121 Å². The third-order valence-electron chi connectivity index (χ3n) is 6.79. The highest BCUT2D eigenvalue weighted by Gasteiger charge is 2.12. The SMILES string of the molecule is Cc1ccc(Nc2nc(-c3ccc(C(=O)N/N=C/c4cc(Br)c(OCC(=O)Nc5ccc(C)c(C)c5)c(Br)c4)cc3)cs2)cc1. The highest BCUT2D eigenvalue weighted by Crippen LogP contribution is 2.34. The van der Waals surface area contributed by atoms with E-state index in [4.69, 9.17) is 4.74 Å². The Morgan fingerprint density at radius 3 is 2.27 bits per heavy atom. The first-order valence-electron chi connectivity index (χ1n) is 13.9. The van der Waals surface area contributed by atoms with Gasteiger partial charge in [-0.15, -0.1) is 11.3 Å². The molecule has 0 aliphatic rings. The predicted molar refractivity (Wildman–Crippen MR) is 189 cm³/mol. The van der Waals surface area contributed by atoms with Crippen LogP contribution in [0.15, 0.2) is 98.3 Å². The van der Waals surface area contributed by atoms with Crippen LogP contribution in [0.3, 0.4) is 0 Å². The lowest BCUT2D eigenvalue weighted by Gasteiger charge is -2.12. The third-order valence-corrected chi connectivity index (χ3v) is 8.72. The van der Waals surface area contributed by atoms with Gasteiger partial charge in [-0.2, -0.15) is 5.10 Å². The number of thiazole rings is 1. The second-order valence-electron chi connectivity index (χ2n) is 10.3. The maximum Gasteiger partial charge on any atom is 0.271 e. The minimum Gasteiger partial charge on any atom is -0.481 e. The first kappa shape index (κ1) is 32.1. The molecule has 0 spiro atoms. The molecule has 0 saturated carbocycles. The number of hydrogen-bond donors (Lipinski definition) is 3. The summed E-state index contributed by atoms with van der Waals surface area (Å²) >= 11 is 8.50. The summed E-state index contributed by atoms with van der Waals surface area (Å²) in [7, 11) is 0. The number of anilines is 3. The van der Waals surface area contributed by atoms with Crippen molar-refractivity contribution in [3.63, 3.8) is 0 Å². The van der Waals surface area contributed by atoms with E-state index >= 15 is 0 Å². The molecule has 0 fully saturated rings. The van der Waals surface area contributed by atoms with Gasteiger partial charge in [-0.1, -0.05) is 35.9 Å². The molecule has 0 radical (unpaired) electrons. The smallest absolute Gasteiger partial charge is 0.271 e. The zero-order valence-corrected chi connectivity index (χ0v) is 28.6. The van der Waals surface area contributed by atoms with E-state index in [2.05, 4.69) is 64.9 Å². The molecule has 5 rings (SSSR count). The number of hydrogen-bond acceptors (Lipinski definition) is 7. The van der Waals surface area contributed by atoms with Gasteiger partial charge in [-0.05, 0) is 118 Å². The Morgan fingerprint density at radius 1 is 0.889 bits per heavy atom. The molecule has 11 heteroatoms. The fourth-order valence-corrected chi connectivity index (χ4v) is 6.38. The summed E-state index contributed by atoms with van der Waals surface area (Å²) in [4.78, 5) is 29.8. The van der Waals surface area contributed by atoms with Crippen molar-refractivity contribution in [1.82, 2.24) is 10.4 Å². The molecule has 4 aromatic carbocycles. The number of aryl methyl sites for hydroxylation is 3. The number of halogens is 2. The molecule has 1 aromatic heterocycles. The number of carbonyl (C=O) groups excluding carboxylic acids is 2. The van der Waals surface area contributed by atoms with Crippen molar-refractivity contribution in [1.29, 1.82) is 0 Å². The van der Waals surface area contributed by atoms with E-state index in [0.717, 1.165) is 38.9 Å². The number of nitrogens with zero attached hydrogens (tertiary/aromatic N) is 2. The minimum absolute atomic E-state index is 0.166. The molecule has 228 valence electrons. The monoisotopic (exact) mass is 745 g/mol. The summed E-state index contributed by atoms with van der Waals surface area (Å²) in [6.45, 7) is 5.90. The van der Waals surface area contributed by atoms with E-state index in [-0.39, 0.29) is 18.4 Å². The van der Waals surface area contributed by atoms with Gasteiger partial charge in [0.15, 0.2) is 11.7 Å². The fraction of sp³-hybridized carbons (Fsp3) is 0.118. The topological polar surface area (TPSA) is 105 Å². The van der Waals surface area contributed by atoms with E-state index in [1.165, 1.54) is 23.1 Å². The van der Waals surface area contributed by atoms with Gasteiger partial charge in [0.1, 0.15) is 5.75 Å². The number of hydrazone groups is 1. The van der Waals surface area contributed by atoms with E-state index in [9.17, 15) is 9.59 Å². The van der Waals surface area contributed by atoms with Gasteiger partial charge in [-0.25, -0.2) is 10.4 Å². The summed E-state index contributed by atoms with van der Waals surface area (Å²) in [6.07, 6.45) is 1.52. The van der Waals surface area contributed by atoms with Gasteiger partial charge in [0, 0.05) is 27.9 Å². The van der Waals surface area contributed by atoms with Crippen molar-refractivity contribution >= 4 is 77.7 Å². The van der Waals surface area contributed by atoms with Crippen LogP contribution >= 0.6 is 43.2 Å². The lowest BCUT2D eigenvalue weighted by Crippen LogP contribution is -2.20. The molecular weight excluding hydrogens is 718 g/mol. The van der Waals surface area contributed by atoms with E-state index in [1.54, 1.807) is 24.3 Å². The molecule has 0 atom stereocenters. The quantitative estimate of drug-likeness (QED) is 0.0980. The normalized spacial score (nSPS) is 11.0. The Kier molecular flexibility index (Phi) is 10.4. The number of ether oxygens (including phenoxy) is 1. The second kappa shape index (κ2) is 14.6. The Bertz CT molecular complexity index is 1850. The number of carbonyl (C=O) groups is 2. The molecule has 5 aromatic rings. The first-order chi connectivity index (χ1) is 21.6. The standard InChI is InChI=1S/C34H29Br2N5O3S/c1-20-4-11-26(12-5-20)39-34-40-30(19-45-34)24-7-9-25(10-8-24)33(43)41-37-17-23-15-28(35)32(29(36)16-23)44-18-31(42)38-27-13-6-21(2)22(3)14-27/h4-17,19H,18H2,1-3H3,(H,38,42)(H,39,40)(H,41,43)/b37-17+. The average Bonchev–Trinajstić information content (AvgIpc) is 3.48. The fourth-order valence-electron chi connectivity index (χ4n) is 4.19. The van der Waals surface area contributed by atoms with Crippen molar-refractivity contribution < 1.29 is 14.3 Å². The van der Waals surface area contributed by atoms with Crippen LogP contribution in [-0.4, -0.2) is 29.6 Å². The Hall–Kier alpha value is -4.32. The zero-order chi connectivity index (χ0) is 31.9. The van der Waals surface area contributed by atoms with Gasteiger partial charge < -0.3 is 15.4 Å². The minimum atomic E-state index is -0.342. The van der Waals surface area contributed by atoms with Crippen LogP contribution in [0.1, 0.15) is 32.6 Å². The summed E-state index contributed by atoms with van der Waals surface area (Å²) < 4.78 is 7.00. The lowest BCUT2D eigenvalue weighted by molar-refractivity contribution is -0.118. The molecule has 0 aliphatic heterocycles. The maximum absolute atomic E-state index is 12.7. The van der Waals surface area contributed by atoms with E-state index in [1.807, 2.05) is 73.8 Å². The van der Waals surface area contributed by atoms with Crippen LogP contribution < -0.4 is 20.8 Å². The maximum atomic E-state index is 12.7. The summed E-state index contributed by atoms with van der Waals surface area (Å²) in [5.74, 6) is -0.139. The molecule has 8 nitrogen and oxygen atoms in total. The molecule has 1 heterocycles. The molecule has 0 unspecified atom stereocenters. The molecule has 0 saturated heterocycles. The summed E-state index contributed by atoms with van der Waals surface area (Å²) in [5.41, 5.74) is 10.6. The van der Waals surface area contributed by atoms with Crippen molar-refractivity contribution in [2.24, 2.45) is 5.10 Å². The number of amides is 2. The molecular formula is C34H29Br2N5O3S. The average molecular weight is 748 g/mol. The van der Waals surface area contributed by atoms with E-state index in [0.29, 0.717) is 25.8 Å². The van der Waals surface area contributed by atoms with Gasteiger partial charge in [0.2, 0.25) is 0 Å². The highest BCUT2D eigenvalue weighted by atomic mass is 79.9. The van der Waals surface area contributed by atoms with Crippen LogP contribution in [0.5, 0.6) is 5.75 Å². The Morgan fingerprint density at radius 2 is 1.58 bits per heavy atom. The van der Waals surface area contributed by atoms with Crippen LogP contribution in [0.25, 0.3) is 11.3 Å². The molecule has 3 N–H and O–H groups in total. The van der Waals surface area contributed by atoms with Crippen LogP contribution in [0, 0.1) is 20.8 Å². The second-order valence-corrected chi connectivity index (χ2v) is 12.8. The van der Waals surface area contributed by atoms with Crippen molar-refractivity contribution in [2.75, 3.05) is 17.2 Å². The molecule has 2 amide bonds. The van der Waals surface area contributed by atoms with Gasteiger partial charge in [0.25, 0.3) is 11.8 Å². The largest absolute Gasteiger partial charge is 0.481 e. The van der Waals surface area contributed by atoms with E-state index < -0.39 is 0 Å².